The van der Waals surface area contributed by atoms with Crippen LogP contribution in [-0.2, 0) is 6.18 Å². The minimum absolute atomic E-state index is 0.00852. The highest BCUT2D eigenvalue weighted by molar-refractivity contribution is 5.37. The second kappa shape index (κ2) is 4.23. The summed E-state index contributed by atoms with van der Waals surface area (Å²) < 4.78 is 66.6. The second-order valence-corrected chi connectivity index (χ2v) is 3.01. The molecule has 0 aromatic carbocycles. The molecule has 7 heteroatoms. The van der Waals surface area contributed by atoms with E-state index in [1.807, 2.05) is 0 Å². The zero-order chi connectivity index (χ0) is 12.5. The molecule has 0 N–H and O–H groups in total. The van der Waals surface area contributed by atoms with Gasteiger partial charge in [0.25, 0.3) is 6.43 Å². The van der Waals surface area contributed by atoms with Gasteiger partial charge >= 0.3 is 6.18 Å². The second-order valence-electron chi connectivity index (χ2n) is 3.01. The van der Waals surface area contributed by atoms with E-state index in [1.54, 1.807) is 0 Å². The number of alkyl halides is 5. The lowest BCUT2D eigenvalue weighted by Crippen LogP contribution is -2.12. The normalized spacial score (nSPS) is 12.0. The van der Waals surface area contributed by atoms with Crippen LogP contribution in [0.25, 0.3) is 0 Å². The van der Waals surface area contributed by atoms with Gasteiger partial charge in [-0.05, 0) is 13.0 Å². The Morgan fingerprint density at radius 3 is 2.25 bits per heavy atom. The summed E-state index contributed by atoms with van der Waals surface area (Å²) >= 11 is 0. The van der Waals surface area contributed by atoms with Crippen LogP contribution in [-0.4, -0.2) is 12.1 Å². The number of aryl methyl sites for hydroxylation is 1. The number of rotatable bonds is 2. The van der Waals surface area contributed by atoms with Crippen molar-refractivity contribution >= 4 is 0 Å². The minimum Gasteiger partial charge on any atom is -0.495 e. The van der Waals surface area contributed by atoms with Crippen LogP contribution in [0.5, 0.6) is 5.75 Å². The first-order valence-electron chi connectivity index (χ1n) is 4.18. The third-order valence-electron chi connectivity index (χ3n) is 1.93. The minimum atomic E-state index is -4.88. The van der Waals surface area contributed by atoms with E-state index in [0.717, 1.165) is 7.11 Å². The fourth-order valence-corrected chi connectivity index (χ4v) is 1.21. The fourth-order valence-electron chi connectivity index (χ4n) is 1.21. The summed E-state index contributed by atoms with van der Waals surface area (Å²) in [4.78, 5) is 3.21. The van der Waals surface area contributed by atoms with E-state index in [0.29, 0.717) is 6.07 Å². The van der Waals surface area contributed by atoms with E-state index in [2.05, 4.69) is 9.72 Å². The maximum absolute atomic E-state index is 12.4. The van der Waals surface area contributed by atoms with Gasteiger partial charge in [-0.1, -0.05) is 0 Å². The van der Waals surface area contributed by atoms with Gasteiger partial charge < -0.3 is 4.74 Å². The Bertz CT molecular complexity index is 388. The summed E-state index contributed by atoms with van der Waals surface area (Å²) in [7, 11) is 1.15. The van der Waals surface area contributed by atoms with Gasteiger partial charge in [0.05, 0.1) is 18.4 Å². The predicted octanol–water partition coefficient (Wildman–Crippen LogP) is 3.36. The van der Waals surface area contributed by atoms with Crippen LogP contribution in [0, 0.1) is 6.92 Å². The van der Waals surface area contributed by atoms with E-state index >= 15 is 0 Å². The maximum Gasteiger partial charge on any atom is 0.418 e. The molecule has 0 atom stereocenters. The van der Waals surface area contributed by atoms with Gasteiger partial charge in [0.1, 0.15) is 11.4 Å². The molecule has 0 amide bonds. The van der Waals surface area contributed by atoms with Crippen molar-refractivity contribution in [3.8, 4) is 5.75 Å². The number of methoxy groups -OCH3 is 1. The standard InChI is InChI=1S/C9H8F5NO/c1-4-6(16-2)3-5(9(12,13)14)7(15-4)8(10)11/h3,8H,1-2H3. The smallest absolute Gasteiger partial charge is 0.418 e. The maximum atomic E-state index is 12.4. The number of hydrogen-bond donors (Lipinski definition) is 0. The third kappa shape index (κ3) is 2.40. The Morgan fingerprint density at radius 2 is 1.88 bits per heavy atom. The summed E-state index contributed by atoms with van der Waals surface area (Å²) in [6, 6.07) is 0.532. The molecular formula is C9H8F5NO. The highest BCUT2D eigenvalue weighted by atomic mass is 19.4. The van der Waals surface area contributed by atoms with Gasteiger partial charge in [0.15, 0.2) is 0 Å². The van der Waals surface area contributed by atoms with E-state index in [4.69, 9.17) is 0 Å². The first kappa shape index (κ1) is 12.7. The average Bonchev–Trinajstić information content (AvgIpc) is 2.15. The predicted molar refractivity (Wildman–Crippen MR) is 45.5 cm³/mol. The molecule has 0 saturated heterocycles. The number of hydrogen-bond acceptors (Lipinski definition) is 2. The van der Waals surface area contributed by atoms with Gasteiger partial charge in [-0.25, -0.2) is 13.8 Å². The van der Waals surface area contributed by atoms with Crippen molar-refractivity contribution in [2.45, 2.75) is 19.5 Å². The largest absolute Gasteiger partial charge is 0.495 e. The molecule has 1 heterocycles. The zero-order valence-electron chi connectivity index (χ0n) is 8.40. The molecule has 0 fully saturated rings. The van der Waals surface area contributed by atoms with Crippen LogP contribution in [0.3, 0.4) is 0 Å². The molecule has 0 saturated carbocycles. The molecule has 1 aromatic rings. The molecule has 1 aromatic heterocycles. The van der Waals surface area contributed by atoms with Crippen LogP contribution >= 0.6 is 0 Å². The molecule has 0 spiro atoms. The van der Waals surface area contributed by atoms with Crippen molar-refractivity contribution in [3.63, 3.8) is 0 Å². The molecule has 0 bridgehead atoms. The number of halogens is 5. The first-order valence-corrected chi connectivity index (χ1v) is 4.18. The molecule has 1 rings (SSSR count). The van der Waals surface area contributed by atoms with Crippen molar-refractivity contribution in [1.29, 1.82) is 0 Å². The van der Waals surface area contributed by atoms with Crippen molar-refractivity contribution in [2.24, 2.45) is 0 Å². The Balaban J connectivity index is 3.43. The van der Waals surface area contributed by atoms with Crippen LogP contribution < -0.4 is 4.74 Å². The average molecular weight is 241 g/mol. The lowest BCUT2D eigenvalue weighted by Gasteiger charge is -2.14. The number of aromatic nitrogens is 1. The molecule has 0 unspecified atom stereocenters. The third-order valence-corrected chi connectivity index (χ3v) is 1.93. The highest BCUT2D eigenvalue weighted by Gasteiger charge is 2.37. The summed E-state index contributed by atoms with van der Waals surface area (Å²) in [5, 5.41) is 0. The molecule has 0 aliphatic heterocycles. The quantitative estimate of drug-likeness (QED) is 0.740. The number of ether oxygens (including phenoxy) is 1. The monoisotopic (exact) mass is 241 g/mol. The molecule has 0 radical (unpaired) electrons. The number of pyridine rings is 1. The molecular weight excluding hydrogens is 233 g/mol. The van der Waals surface area contributed by atoms with Crippen LogP contribution in [0.15, 0.2) is 6.07 Å². The van der Waals surface area contributed by atoms with E-state index in [-0.39, 0.29) is 11.4 Å². The Kier molecular flexibility index (Phi) is 3.35. The van der Waals surface area contributed by atoms with Gasteiger partial charge in [-0.15, -0.1) is 0 Å². The Labute approximate surface area is 88.1 Å². The number of nitrogens with zero attached hydrogens (tertiary/aromatic N) is 1. The van der Waals surface area contributed by atoms with Crippen molar-refractivity contribution < 1.29 is 26.7 Å². The van der Waals surface area contributed by atoms with E-state index in [9.17, 15) is 22.0 Å². The van der Waals surface area contributed by atoms with Crippen LogP contribution in [0.2, 0.25) is 0 Å². The van der Waals surface area contributed by atoms with Gasteiger partial charge in [0.2, 0.25) is 0 Å². The Morgan fingerprint density at radius 1 is 1.31 bits per heavy atom. The molecule has 2 nitrogen and oxygen atoms in total. The molecule has 0 aliphatic rings. The lowest BCUT2D eigenvalue weighted by atomic mass is 10.1. The summed E-state index contributed by atoms with van der Waals surface area (Å²) in [6.07, 6.45) is -8.15. The summed E-state index contributed by atoms with van der Waals surface area (Å²) in [5.74, 6) is -0.170. The van der Waals surface area contributed by atoms with Crippen molar-refractivity contribution in [3.05, 3.63) is 23.0 Å². The highest BCUT2D eigenvalue weighted by Crippen LogP contribution is 2.37. The topological polar surface area (TPSA) is 22.1 Å². The zero-order valence-corrected chi connectivity index (χ0v) is 8.40. The molecule has 16 heavy (non-hydrogen) atoms. The lowest BCUT2D eigenvalue weighted by molar-refractivity contribution is -0.140. The Hall–Kier alpha value is -1.40. The van der Waals surface area contributed by atoms with Crippen molar-refractivity contribution in [1.82, 2.24) is 4.98 Å². The molecule has 0 aliphatic carbocycles. The van der Waals surface area contributed by atoms with Gasteiger partial charge in [0, 0.05) is 0 Å². The van der Waals surface area contributed by atoms with Gasteiger partial charge in [-0.3, -0.25) is 0 Å². The van der Waals surface area contributed by atoms with Crippen LogP contribution in [0.1, 0.15) is 23.4 Å². The van der Waals surface area contributed by atoms with Crippen LogP contribution in [0.4, 0.5) is 22.0 Å². The van der Waals surface area contributed by atoms with Gasteiger partial charge in [-0.2, -0.15) is 13.2 Å². The summed E-state index contributed by atoms with van der Waals surface area (Å²) in [5.41, 5.74) is -2.75. The fraction of sp³-hybridized carbons (Fsp3) is 0.444. The SMILES string of the molecule is COc1cc(C(F)(F)F)c(C(F)F)nc1C. The first-order chi connectivity index (χ1) is 7.27. The molecule has 90 valence electrons. The van der Waals surface area contributed by atoms with E-state index < -0.39 is 23.9 Å². The summed E-state index contributed by atoms with van der Waals surface area (Å²) in [6.45, 7) is 1.30. The van der Waals surface area contributed by atoms with E-state index in [1.165, 1.54) is 6.92 Å². The van der Waals surface area contributed by atoms with Crippen molar-refractivity contribution in [2.75, 3.05) is 7.11 Å².